The second kappa shape index (κ2) is 7.09. The lowest BCUT2D eigenvalue weighted by atomic mass is 9.89. The third kappa shape index (κ3) is 2.75. The molecule has 0 radical (unpaired) electrons. The summed E-state index contributed by atoms with van der Waals surface area (Å²) >= 11 is 0. The van der Waals surface area contributed by atoms with Crippen LogP contribution < -0.4 is 19.5 Å². The number of methoxy groups -OCH3 is 3. The first-order chi connectivity index (χ1) is 13.6. The Morgan fingerprint density at radius 1 is 1.04 bits per heavy atom. The van der Waals surface area contributed by atoms with Gasteiger partial charge in [-0.1, -0.05) is 18.2 Å². The Kier molecular flexibility index (Phi) is 4.60. The minimum absolute atomic E-state index is 0.396. The number of aromatic amines is 1. The predicted octanol–water partition coefficient (Wildman–Crippen LogP) is 2.88. The zero-order valence-electron chi connectivity index (χ0n) is 15.9. The third-order valence-electron chi connectivity index (χ3n) is 5.26. The van der Waals surface area contributed by atoms with Gasteiger partial charge in [0.05, 0.1) is 27.4 Å². The normalized spacial score (nSPS) is 18.5. The highest BCUT2D eigenvalue weighted by atomic mass is 16.5. The molecule has 0 saturated carbocycles. The maximum absolute atomic E-state index is 11.8. The number of aliphatic carboxylic acids is 1. The van der Waals surface area contributed by atoms with Gasteiger partial charge in [-0.05, 0) is 23.8 Å². The van der Waals surface area contributed by atoms with Gasteiger partial charge in [0.2, 0.25) is 5.75 Å². The van der Waals surface area contributed by atoms with Crippen LogP contribution in [-0.2, 0) is 11.2 Å². The maximum atomic E-state index is 11.8. The van der Waals surface area contributed by atoms with E-state index in [1.807, 2.05) is 30.3 Å². The number of carbonyl (C=O) groups is 1. The summed E-state index contributed by atoms with van der Waals surface area (Å²) in [5, 5.41) is 14.0. The van der Waals surface area contributed by atoms with Crippen LogP contribution in [0.4, 0.5) is 0 Å². The molecule has 2 atom stereocenters. The molecule has 1 aromatic heterocycles. The van der Waals surface area contributed by atoms with Gasteiger partial charge in [-0.25, -0.2) is 0 Å². The fraction of sp³-hybridized carbons (Fsp3) is 0.286. The summed E-state index contributed by atoms with van der Waals surface area (Å²) in [5.74, 6) is 0.639. The average Bonchev–Trinajstić information content (AvgIpc) is 3.10. The summed E-state index contributed by atoms with van der Waals surface area (Å²) in [7, 11) is 4.67. The van der Waals surface area contributed by atoms with Gasteiger partial charge in [0.25, 0.3) is 0 Å². The minimum atomic E-state index is -0.889. The third-order valence-corrected chi connectivity index (χ3v) is 5.26. The fourth-order valence-electron chi connectivity index (χ4n) is 3.99. The highest BCUT2D eigenvalue weighted by Crippen LogP contribution is 2.45. The molecule has 0 amide bonds. The molecule has 4 rings (SSSR count). The molecule has 7 nitrogen and oxygen atoms in total. The molecular weight excluding hydrogens is 360 g/mol. The molecule has 0 saturated heterocycles. The number of benzene rings is 2. The van der Waals surface area contributed by atoms with Crippen molar-refractivity contribution in [2.45, 2.75) is 18.5 Å². The number of carboxylic acids is 1. The molecule has 1 aliphatic heterocycles. The average molecular weight is 382 g/mol. The lowest BCUT2D eigenvalue weighted by Crippen LogP contribution is -2.45. The Labute approximate surface area is 162 Å². The van der Waals surface area contributed by atoms with E-state index in [0.717, 1.165) is 27.7 Å². The molecule has 146 valence electrons. The number of carboxylic acid groups (broad SMARTS) is 1. The highest BCUT2D eigenvalue weighted by Gasteiger charge is 2.36. The van der Waals surface area contributed by atoms with E-state index >= 15 is 0 Å². The van der Waals surface area contributed by atoms with Crippen LogP contribution in [0.2, 0.25) is 0 Å². The predicted molar refractivity (Wildman–Crippen MR) is 105 cm³/mol. The summed E-state index contributed by atoms with van der Waals surface area (Å²) in [6.07, 6.45) is 0.404. The first-order valence-corrected chi connectivity index (χ1v) is 8.96. The number of H-pyrrole nitrogens is 1. The largest absolute Gasteiger partial charge is 0.493 e. The number of aromatic nitrogens is 1. The van der Waals surface area contributed by atoms with Gasteiger partial charge in [0, 0.05) is 28.6 Å². The van der Waals surface area contributed by atoms with Crippen molar-refractivity contribution >= 4 is 16.9 Å². The zero-order valence-corrected chi connectivity index (χ0v) is 15.9. The van der Waals surface area contributed by atoms with E-state index in [1.165, 1.54) is 0 Å². The van der Waals surface area contributed by atoms with Crippen molar-refractivity contribution in [3.05, 3.63) is 53.2 Å². The van der Waals surface area contributed by atoms with Crippen LogP contribution in [0.5, 0.6) is 17.2 Å². The molecule has 2 heterocycles. The molecule has 0 spiro atoms. The van der Waals surface area contributed by atoms with E-state index in [0.29, 0.717) is 23.7 Å². The molecule has 3 aromatic rings. The molecule has 2 aromatic carbocycles. The summed E-state index contributed by atoms with van der Waals surface area (Å²) in [5.41, 5.74) is 3.69. The van der Waals surface area contributed by atoms with Crippen LogP contribution >= 0.6 is 0 Å². The van der Waals surface area contributed by atoms with E-state index in [4.69, 9.17) is 14.2 Å². The van der Waals surface area contributed by atoms with E-state index in [1.54, 1.807) is 27.4 Å². The van der Waals surface area contributed by atoms with Crippen molar-refractivity contribution < 1.29 is 24.1 Å². The number of rotatable bonds is 5. The summed E-state index contributed by atoms with van der Waals surface area (Å²) in [6, 6.07) is 10.5. The topological polar surface area (TPSA) is 92.8 Å². The highest BCUT2D eigenvalue weighted by molar-refractivity contribution is 5.87. The van der Waals surface area contributed by atoms with E-state index < -0.39 is 18.1 Å². The molecule has 0 aliphatic carbocycles. The quantitative estimate of drug-likeness (QED) is 0.628. The fourth-order valence-corrected chi connectivity index (χ4v) is 3.99. The zero-order chi connectivity index (χ0) is 19.8. The summed E-state index contributed by atoms with van der Waals surface area (Å²) in [4.78, 5) is 15.3. The van der Waals surface area contributed by atoms with Crippen LogP contribution in [0.25, 0.3) is 10.9 Å². The number of nitrogens with one attached hydrogen (secondary N) is 2. The van der Waals surface area contributed by atoms with Gasteiger partial charge < -0.3 is 24.3 Å². The van der Waals surface area contributed by atoms with Crippen LogP contribution in [0.3, 0.4) is 0 Å². The first-order valence-electron chi connectivity index (χ1n) is 8.96. The number of fused-ring (bicyclic) bond motifs is 3. The standard InChI is InChI=1S/C21H22N2O5/c1-26-16-9-8-12(19(27-2)20(16)28-3)17-18-13(10-15(23-17)21(24)25)11-6-4-5-7-14(11)22-18/h4-9,15,17,22-23H,10H2,1-3H3,(H,24,25)/t15-,17-/m1/s1. The molecule has 1 aliphatic rings. The summed E-state index contributed by atoms with van der Waals surface area (Å²) < 4.78 is 16.5. The molecule has 0 bridgehead atoms. The second-order valence-corrected chi connectivity index (χ2v) is 6.68. The Morgan fingerprint density at radius 3 is 2.46 bits per heavy atom. The lowest BCUT2D eigenvalue weighted by Gasteiger charge is -2.31. The van der Waals surface area contributed by atoms with Crippen LogP contribution in [0, 0.1) is 0 Å². The minimum Gasteiger partial charge on any atom is -0.493 e. The van der Waals surface area contributed by atoms with Gasteiger partial charge >= 0.3 is 5.97 Å². The number of hydrogen-bond acceptors (Lipinski definition) is 5. The van der Waals surface area contributed by atoms with Gasteiger partial charge in [0.15, 0.2) is 11.5 Å². The van der Waals surface area contributed by atoms with Crippen molar-refractivity contribution in [1.29, 1.82) is 0 Å². The Morgan fingerprint density at radius 2 is 1.79 bits per heavy atom. The Balaban J connectivity index is 1.94. The molecule has 7 heteroatoms. The van der Waals surface area contributed by atoms with Crippen LogP contribution in [-0.4, -0.2) is 43.4 Å². The maximum Gasteiger partial charge on any atom is 0.321 e. The molecular formula is C21H22N2O5. The van der Waals surface area contributed by atoms with Crippen molar-refractivity contribution in [1.82, 2.24) is 10.3 Å². The first kappa shape index (κ1) is 18.2. The molecule has 28 heavy (non-hydrogen) atoms. The molecule has 3 N–H and O–H groups in total. The van der Waals surface area contributed by atoms with E-state index in [9.17, 15) is 9.90 Å². The van der Waals surface area contributed by atoms with Crippen molar-refractivity contribution in [3.63, 3.8) is 0 Å². The SMILES string of the molecule is COc1ccc([C@H]2N[C@@H](C(=O)O)Cc3c2[nH]c2ccccc32)c(OC)c1OC. The smallest absolute Gasteiger partial charge is 0.321 e. The van der Waals surface area contributed by atoms with Gasteiger partial charge in [0.1, 0.15) is 6.04 Å². The number of ether oxygens (including phenoxy) is 3. The molecule has 0 unspecified atom stereocenters. The van der Waals surface area contributed by atoms with Crippen molar-refractivity contribution in [3.8, 4) is 17.2 Å². The van der Waals surface area contributed by atoms with Gasteiger partial charge in [-0.2, -0.15) is 0 Å². The number of para-hydroxylation sites is 1. The lowest BCUT2D eigenvalue weighted by molar-refractivity contribution is -0.139. The van der Waals surface area contributed by atoms with E-state index in [2.05, 4.69) is 10.3 Å². The monoisotopic (exact) mass is 382 g/mol. The Hall–Kier alpha value is -3.19. The van der Waals surface area contributed by atoms with Gasteiger partial charge in [-0.15, -0.1) is 0 Å². The van der Waals surface area contributed by atoms with Crippen LogP contribution in [0.15, 0.2) is 36.4 Å². The van der Waals surface area contributed by atoms with Crippen molar-refractivity contribution in [2.75, 3.05) is 21.3 Å². The second-order valence-electron chi connectivity index (χ2n) is 6.68. The number of hydrogen-bond donors (Lipinski definition) is 3. The van der Waals surface area contributed by atoms with Gasteiger partial charge in [-0.3, -0.25) is 10.1 Å². The van der Waals surface area contributed by atoms with Crippen LogP contribution in [0.1, 0.15) is 22.9 Å². The van der Waals surface area contributed by atoms with E-state index in [-0.39, 0.29) is 0 Å². The summed E-state index contributed by atoms with van der Waals surface area (Å²) in [6.45, 7) is 0. The Bertz CT molecular complexity index is 1040. The molecule has 0 fully saturated rings. The van der Waals surface area contributed by atoms with Crippen molar-refractivity contribution in [2.24, 2.45) is 0 Å².